The molecule has 2 aromatic rings. The van der Waals surface area contributed by atoms with E-state index in [1.165, 1.54) is 0 Å². The van der Waals surface area contributed by atoms with Crippen molar-refractivity contribution in [3.63, 3.8) is 0 Å². The molecule has 0 saturated carbocycles. The van der Waals surface area contributed by atoms with Crippen LogP contribution in [0.1, 0.15) is 43.0 Å². The second kappa shape index (κ2) is 7.92. The molecule has 0 radical (unpaired) electrons. The highest BCUT2D eigenvalue weighted by molar-refractivity contribution is 6.30. The highest BCUT2D eigenvalue weighted by atomic mass is 35.5. The number of benzene rings is 1. The third-order valence-electron chi connectivity index (χ3n) is 3.47. The zero-order valence-electron chi connectivity index (χ0n) is 13.8. The van der Waals surface area contributed by atoms with Crippen LogP contribution in [-0.4, -0.2) is 32.6 Å². The van der Waals surface area contributed by atoms with Crippen molar-refractivity contribution in [1.29, 1.82) is 0 Å². The number of amides is 2. The van der Waals surface area contributed by atoms with E-state index >= 15 is 0 Å². The van der Waals surface area contributed by atoms with Gasteiger partial charge in [0.2, 0.25) is 5.91 Å². The van der Waals surface area contributed by atoms with Crippen molar-refractivity contribution in [1.82, 2.24) is 25.4 Å². The van der Waals surface area contributed by atoms with E-state index in [0.29, 0.717) is 16.4 Å². The van der Waals surface area contributed by atoms with E-state index in [4.69, 9.17) is 11.6 Å². The van der Waals surface area contributed by atoms with Gasteiger partial charge in [-0.25, -0.2) is 0 Å². The Hall–Kier alpha value is -2.41. The summed E-state index contributed by atoms with van der Waals surface area (Å²) in [5.74, 6) is 0.0323. The highest BCUT2D eigenvalue weighted by Crippen LogP contribution is 2.09. The summed E-state index contributed by atoms with van der Waals surface area (Å²) in [6.07, 6.45) is 1.62. The van der Waals surface area contributed by atoms with Crippen LogP contribution < -0.4 is 10.6 Å². The minimum absolute atomic E-state index is 0.203. The molecule has 8 heteroatoms. The van der Waals surface area contributed by atoms with Gasteiger partial charge in [-0.1, -0.05) is 11.6 Å². The van der Waals surface area contributed by atoms with Gasteiger partial charge >= 0.3 is 0 Å². The van der Waals surface area contributed by atoms with Gasteiger partial charge in [-0.2, -0.15) is 0 Å². The maximum absolute atomic E-state index is 12.1. The van der Waals surface area contributed by atoms with E-state index in [-0.39, 0.29) is 24.4 Å². The van der Waals surface area contributed by atoms with Gasteiger partial charge in [-0.05, 0) is 45.0 Å². The number of carbonyl (C=O) groups is 2. The molecule has 0 saturated heterocycles. The summed E-state index contributed by atoms with van der Waals surface area (Å²) in [6, 6.07) is 5.98. The first-order valence-corrected chi connectivity index (χ1v) is 7.98. The van der Waals surface area contributed by atoms with E-state index in [2.05, 4.69) is 20.8 Å². The van der Waals surface area contributed by atoms with Crippen molar-refractivity contribution in [3.05, 3.63) is 47.0 Å². The maximum atomic E-state index is 12.1. The molecule has 2 rings (SSSR count). The molecule has 7 nitrogen and oxygen atoms in total. The molecule has 24 heavy (non-hydrogen) atoms. The average Bonchev–Trinajstić information content (AvgIpc) is 3.01. The monoisotopic (exact) mass is 349 g/mol. The minimum atomic E-state index is -0.677. The topological polar surface area (TPSA) is 88.9 Å². The average molecular weight is 350 g/mol. The first kappa shape index (κ1) is 17.9. The van der Waals surface area contributed by atoms with Crippen molar-refractivity contribution < 1.29 is 9.59 Å². The second-order valence-corrected chi connectivity index (χ2v) is 6.10. The first-order chi connectivity index (χ1) is 11.4. The van der Waals surface area contributed by atoms with E-state index < -0.39 is 6.04 Å². The molecule has 0 bridgehead atoms. The Labute approximate surface area is 145 Å². The van der Waals surface area contributed by atoms with Crippen LogP contribution in [0.2, 0.25) is 5.02 Å². The van der Waals surface area contributed by atoms with Crippen LogP contribution in [0.3, 0.4) is 0 Å². The lowest BCUT2D eigenvalue weighted by Gasteiger charge is -2.15. The molecule has 1 aromatic heterocycles. The number of hydrogen-bond acceptors (Lipinski definition) is 4. The van der Waals surface area contributed by atoms with Crippen LogP contribution in [-0.2, 0) is 11.3 Å². The van der Waals surface area contributed by atoms with Crippen molar-refractivity contribution in [2.45, 2.75) is 39.4 Å². The number of carbonyl (C=O) groups excluding carboxylic acids is 2. The van der Waals surface area contributed by atoms with Gasteiger partial charge in [0.05, 0.1) is 6.54 Å². The lowest BCUT2D eigenvalue weighted by Crippen LogP contribution is -2.44. The van der Waals surface area contributed by atoms with Crippen molar-refractivity contribution in [3.8, 4) is 0 Å². The highest BCUT2D eigenvalue weighted by Gasteiger charge is 2.17. The Morgan fingerprint density at radius 3 is 2.50 bits per heavy atom. The lowest BCUT2D eigenvalue weighted by molar-refractivity contribution is -0.122. The summed E-state index contributed by atoms with van der Waals surface area (Å²) in [6.45, 7) is 5.88. The molecule has 0 spiro atoms. The molecule has 1 unspecified atom stereocenters. The van der Waals surface area contributed by atoms with Crippen molar-refractivity contribution in [2.24, 2.45) is 0 Å². The third-order valence-corrected chi connectivity index (χ3v) is 3.72. The molecule has 0 aliphatic carbocycles. The van der Waals surface area contributed by atoms with Crippen LogP contribution in [0, 0.1) is 0 Å². The van der Waals surface area contributed by atoms with Gasteiger partial charge < -0.3 is 15.2 Å². The SMILES string of the molecule is CC(NC(=O)c1ccc(Cl)cc1)C(=O)NCc1nncn1C(C)C. The van der Waals surface area contributed by atoms with E-state index in [1.54, 1.807) is 37.5 Å². The number of nitrogens with one attached hydrogen (secondary N) is 2. The van der Waals surface area contributed by atoms with E-state index in [9.17, 15) is 9.59 Å². The van der Waals surface area contributed by atoms with E-state index in [0.717, 1.165) is 0 Å². The molecular formula is C16H20ClN5O2. The molecule has 2 amide bonds. The standard InChI is InChI=1S/C16H20ClN5O2/c1-10(2)22-9-19-21-14(22)8-18-15(23)11(3)20-16(24)12-4-6-13(17)7-5-12/h4-7,9-11H,8H2,1-3H3,(H,18,23)(H,20,24). The normalized spacial score (nSPS) is 12.0. The lowest BCUT2D eigenvalue weighted by atomic mass is 10.2. The molecule has 1 aromatic carbocycles. The molecule has 0 fully saturated rings. The molecule has 2 N–H and O–H groups in total. The Bertz CT molecular complexity index is 712. The predicted octanol–water partition coefficient (Wildman–Crippen LogP) is 1.95. The fraction of sp³-hybridized carbons (Fsp3) is 0.375. The van der Waals surface area contributed by atoms with Crippen LogP contribution in [0.15, 0.2) is 30.6 Å². The van der Waals surface area contributed by atoms with E-state index in [1.807, 2.05) is 18.4 Å². The molecular weight excluding hydrogens is 330 g/mol. The Morgan fingerprint density at radius 1 is 1.21 bits per heavy atom. The quantitative estimate of drug-likeness (QED) is 0.834. The van der Waals surface area contributed by atoms with Gasteiger partial charge in [0.15, 0.2) is 5.82 Å². The summed E-state index contributed by atoms with van der Waals surface area (Å²) in [5, 5.41) is 13.8. The zero-order valence-corrected chi connectivity index (χ0v) is 14.5. The largest absolute Gasteiger partial charge is 0.347 e. The maximum Gasteiger partial charge on any atom is 0.251 e. The van der Waals surface area contributed by atoms with Gasteiger partial charge in [0.25, 0.3) is 5.91 Å². The van der Waals surface area contributed by atoms with Crippen LogP contribution in [0.5, 0.6) is 0 Å². The molecule has 0 aliphatic heterocycles. The van der Waals surface area contributed by atoms with Gasteiger partial charge in [-0.3, -0.25) is 9.59 Å². The van der Waals surface area contributed by atoms with Crippen molar-refractivity contribution >= 4 is 23.4 Å². The van der Waals surface area contributed by atoms with Crippen LogP contribution in [0.4, 0.5) is 0 Å². The number of rotatable bonds is 6. The van der Waals surface area contributed by atoms with Crippen molar-refractivity contribution in [2.75, 3.05) is 0 Å². The third kappa shape index (κ3) is 4.55. The fourth-order valence-corrected chi connectivity index (χ4v) is 2.22. The van der Waals surface area contributed by atoms with Crippen LogP contribution in [0.25, 0.3) is 0 Å². The summed E-state index contributed by atoms with van der Waals surface area (Å²) >= 11 is 5.79. The first-order valence-electron chi connectivity index (χ1n) is 7.61. The number of halogens is 1. The Morgan fingerprint density at radius 2 is 1.88 bits per heavy atom. The Balaban J connectivity index is 1.89. The summed E-state index contributed by atoms with van der Waals surface area (Å²) < 4.78 is 1.87. The summed E-state index contributed by atoms with van der Waals surface area (Å²) in [7, 11) is 0. The second-order valence-electron chi connectivity index (χ2n) is 5.67. The minimum Gasteiger partial charge on any atom is -0.347 e. The number of aromatic nitrogens is 3. The van der Waals surface area contributed by atoms with Crippen LogP contribution >= 0.6 is 11.6 Å². The zero-order chi connectivity index (χ0) is 17.7. The Kier molecular flexibility index (Phi) is 5.92. The van der Waals surface area contributed by atoms with Gasteiger partial charge in [-0.15, -0.1) is 10.2 Å². The molecule has 1 heterocycles. The van der Waals surface area contributed by atoms with Gasteiger partial charge in [0, 0.05) is 16.6 Å². The molecule has 128 valence electrons. The molecule has 0 aliphatic rings. The summed E-state index contributed by atoms with van der Waals surface area (Å²) in [5.41, 5.74) is 0.443. The predicted molar refractivity (Wildman–Crippen MR) is 90.6 cm³/mol. The number of nitrogens with zero attached hydrogens (tertiary/aromatic N) is 3. The fourth-order valence-electron chi connectivity index (χ4n) is 2.09. The smallest absolute Gasteiger partial charge is 0.251 e. The van der Waals surface area contributed by atoms with Gasteiger partial charge in [0.1, 0.15) is 12.4 Å². The number of hydrogen-bond donors (Lipinski definition) is 2. The molecule has 1 atom stereocenters. The summed E-state index contributed by atoms with van der Waals surface area (Å²) in [4.78, 5) is 24.2.